The standard InChI is InChI=1S/C11H12O2.C2H4O2/c1-3-13-11(12)9(2)10-7-5-4-6-8-10;1-2(3)4/h3-9H,1H2,2H3;1H3,(H,3,4). The molecule has 0 heterocycles. The highest BCUT2D eigenvalue weighted by atomic mass is 16.5. The third-order valence-electron chi connectivity index (χ3n) is 1.85. The largest absolute Gasteiger partial charge is 0.481 e. The Kier molecular flexibility index (Phi) is 7.10. The van der Waals surface area contributed by atoms with Crippen LogP contribution in [0.15, 0.2) is 43.2 Å². The lowest BCUT2D eigenvalue weighted by atomic mass is 10.0. The number of aliphatic carboxylic acids is 1. The maximum absolute atomic E-state index is 11.3. The van der Waals surface area contributed by atoms with Crippen molar-refractivity contribution in [3.05, 3.63) is 48.7 Å². The molecular weight excluding hydrogens is 220 g/mol. The predicted molar refractivity (Wildman–Crippen MR) is 64.5 cm³/mol. The van der Waals surface area contributed by atoms with Crippen molar-refractivity contribution >= 4 is 11.9 Å². The van der Waals surface area contributed by atoms with Crippen LogP contribution in [0.3, 0.4) is 0 Å². The summed E-state index contributed by atoms with van der Waals surface area (Å²) in [6, 6.07) is 9.50. The van der Waals surface area contributed by atoms with Crippen LogP contribution in [0.1, 0.15) is 25.3 Å². The number of hydrogen-bond donors (Lipinski definition) is 1. The van der Waals surface area contributed by atoms with Crippen LogP contribution in [0.2, 0.25) is 0 Å². The second-order valence-corrected chi connectivity index (χ2v) is 3.25. The van der Waals surface area contributed by atoms with Crippen LogP contribution in [0, 0.1) is 0 Å². The monoisotopic (exact) mass is 236 g/mol. The van der Waals surface area contributed by atoms with Gasteiger partial charge in [-0.25, -0.2) is 0 Å². The average Bonchev–Trinajstić information content (AvgIpc) is 2.29. The summed E-state index contributed by atoms with van der Waals surface area (Å²) < 4.78 is 4.68. The minimum absolute atomic E-state index is 0.237. The molecule has 0 saturated heterocycles. The van der Waals surface area contributed by atoms with Gasteiger partial charge in [-0.05, 0) is 12.5 Å². The van der Waals surface area contributed by atoms with E-state index in [9.17, 15) is 4.79 Å². The Balaban J connectivity index is 0.000000557. The number of carbonyl (C=O) groups is 2. The third-order valence-corrected chi connectivity index (χ3v) is 1.85. The maximum Gasteiger partial charge on any atom is 0.317 e. The summed E-state index contributed by atoms with van der Waals surface area (Å²) in [5.41, 5.74) is 0.953. The van der Waals surface area contributed by atoms with Gasteiger partial charge in [-0.1, -0.05) is 36.9 Å². The summed E-state index contributed by atoms with van der Waals surface area (Å²) in [6.07, 6.45) is 1.15. The molecule has 1 rings (SSSR count). The van der Waals surface area contributed by atoms with E-state index in [1.165, 1.54) is 0 Å². The quantitative estimate of drug-likeness (QED) is 0.647. The van der Waals surface area contributed by atoms with Gasteiger partial charge >= 0.3 is 5.97 Å². The molecule has 0 radical (unpaired) electrons. The Hall–Kier alpha value is -2.10. The fraction of sp³-hybridized carbons (Fsp3) is 0.231. The van der Waals surface area contributed by atoms with E-state index in [1.54, 1.807) is 6.92 Å². The van der Waals surface area contributed by atoms with Crippen molar-refractivity contribution in [2.24, 2.45) is 0 Å². The molecule has 0 spiro atoms. The van der Waals surface area contributed by atoms with Gasteiger partial charge in [0.1, 0.15) is 0 Å². The van der Waals surface area contributed by atoms with Crippen LogP contribution in [-0.4, -0.2) is 17.0 Å². The number of carboxylic acids is 1. The summed E-state index contributed by atoms with van der Waals surface area (Å²) in [6.45, 7) is 6.22. The van der Waals surface area contributed by atoms with E-state index < -0.39 is 5.97 Å². The predicted octanol–water partition coefficient (Wildman–Crippen LogP) is 2.57. The van der Waals surface area contributed by atoms with Gasteiger partial charge < -0.3 is 9.84 Å². The molecule has 1 aromatic carbocycles. The van der Waals surface area contributed by atoms with Gasteiger partial charge in [0.15, 0.2) is 0 Å². The summed E-state index contributed by atoms with van der Waals surface area (Å²) in [5, 5.41) is 7.42. The van der Waals surface area contributed by atoms with Crippen molar-refractivity contribution in [2.45, 2.75) is 19.8 Å². The number of benzene rings is 1. The SMILES string of the molecule is C=COC(=O)C(C)c1ccccc1.CC(=O)O. The maximum atomic E-state index is 11.3. The molecule has 0 aliphatic rings. The first-order valence-electron chi connectivity index (χ1n) is 5.05. The Morgan fingerprint density at radius 1 is 1.35 bits per heavy atom. The Morgan fingerprint density at radius 2 is 1.82 bits per heavy atom. The molecule has 4 heteroatoms. The summed E-state index contributed by atoms with van der Waals surface area (Å²) in [5.74, 6) is -1.35. The van der Waals surface area contributed by atoms with E-state index >= 15 is 0 Å². The van der Waals surface area contributed by atoms with E-state index in [2.05, 4.69) is 11.3 Å². The molecule has 4 nitrogen and oxygen atoms in total. The lowest BCUT2D eigenvalue weighted by Crippen LogP contribution is -2.09. The summed E-state index contributed by atoms with van der Waals surface area (Å²) >= 11 is 0. The number of ether oxygens (including phenoxy) is 1. The molecule has 0 bridgehead atoms. The van der Waals surface area contributed by atoms with Crippen molar-refractivity contribution in [3.63, 3.8) is 0 Å². The molecule has 0 aromatic heterocycles. The van der Waals surface area contributed by atoms with Crippen molar-refractivity contribution in [3.8, 4) is 0 Å². The van der Waals surface area contributed by atoms with Gasteiger partial charge in [-0.2, -0.15) is 0 Å². The molecule has 1 atom stereocenters. The fourth-order valence-corrected chi connectivity index (χ4v) is 1.06. The van der Waals surface area contributed by atoms with Gasteiger partial charge in [0.2, 0.25) is 0 Å². The summed E-state index contributed by atoms with van der Waals surface area (Å²) in [7, 11) is 0. The van der Waals surface area contributed by atoms with Gasteiger partial charge in [0.05, 0.1) is 12.2 Å². The Morgan fingerprint density at radius 3 is 2.24 bits per heavy atom. The molecular formula is C13H16O4. The van der Waals surface area contributed by atoms with Gasteiger partial charge in [-0.15, -0.1) is 0 Å². The first-order valence-corrected chi connectivity index (χ1v) is 5.05. The van der Waals surface area contributed by atoms with Gasteiger partial charge in [0.25, 0.3) is 5.97 Å². The lowest BCUT2D eigenvalue weighted by Gasteiger charge is -2.08. The van der Waals surface area contributed by atoms with E-state index in [4.69, 9.17) is 9.90 Å². The van der Waals surface area contributed by atoms with Crippen molar-refractivity contribution in [2.75, 3.05) is 0 Å². The highest BCUT2D eigenvalue weighted by molar-refractivity contribution is 5.78. The number of carbonyl (C=O) groups excluding carboxylic acids is 1. The van der Waals surface area contributed by atoms with Crippen LogP contribution in [-0.2, 0) is 14.3 Å². The van der Waals surface area contributed by atoms with Crippen LogP contribution in [0.5, 0.6) is 0 Å². The van der Waals surface area contributed by atoms with Crippen molar-refractivity contribution < 1.29 is 19.4 Å². The molecule has 0 saturated carbocycles. The number of rotatable bonds is 3. The zero-order valence-corrected chi connectivity index (χ0v) is 9.92. The van der Waals surface area contributed by atoms with Crippen molar-refractivity contribution in [1.29, 1.82) is 0 Å². The van der Waals surface area contributed by atoms with Gasteiger partial charge in [-0.3, -0.25) is 9.59 Å². The molecule has 0 fully saturated rings. The minimum Gasteiger partial charge on any atom is -0.481 e. The zero-order chi connectivity index (χ0) is 13.3. The smallest absolute Gasteiger partial charge is 0.317 e. The first-order chi connectivity index (χ1) is 7.99. The highest BCUT2D eigenvalue weighted by Gasteiger charge is 2.14. The molecule has 1 unspecified atom stereocenters. The number of carboxylic acid groups (broad SMARTS) is 1. The van der Waals surface area contributed by atoms with Crippen LogP contribution < -0.4 is 0 Å². The molecule has 0 aliphatic heterocycles. The molecule has 17 heavy (non-hydrogen) atoms. The van der Waals surface area contributed by atoms with Crippen LogP contribution in [0.4, 0.5) is 0 Å². The molecule has 1 N–H and O–H groups in total. The van der Waals surface area contributed by atoms with E-state index in [-0.39, 0.29) is 11.9 Å². The number of hydrogen-bond acceptors (Lipinski definition) is 3. The first kappa shape index (κ1) is 14.9. The van der Waals surface area contributed by atoms with Crippen molar-refractivity contribution in [1.82, 2.24) is 0 Å². The Bertz CT molecular complexity index is 366. The summed E-state index contributed by atoms with van der Waals surface area (Å²) in [4.78, 5) is 20.3. The van der Waals surface area contributed by atoms with Gasteiger partial charge in [0, 0.05) is 6.92 Å². The van der Waals surface area contributed by atoms with E-state index in [0.29, 0.717) is 0 Å². The third kappa shape index (κ3) is 6.89. The van der Waals surface area contributed by atoms with Crippen LogP contribution in [0.25, 0.3) is 0 Å². The fourth-order valence-electron chi connectivity index (χ4n) is 1.06. The normalized spacial score (nSPS) is 10.5. The minimum atomic E-state index is -0.833. The molecule has 0 amide bonds. The second kappa shape index (κ2) is 8.10. The number of esters is 1. The topological polar surface area (TPSA) is 63.6 Å². The average molecular weight is 236 g/mol. The zero-order valence-electron chi connectivity index (χ0n) is 9.92. The molecule has 92 valence electrons. The van der Waals surface area contributed by atoms with E-state index in [0.717, 1.165) is 18.7 Å². The van der Waals surface area contributed by atoms with E-state index in [1.807, 2.05) is 30.3 Å². The Labute approximate surface area is 101 Å². The molecule has 0 aliphatic carbocycles. The highest BCUT2D eigenvalue weighted by Crippen LogP contribution is 2.15. The second-order valence-electron chi connectivity index (χ2n) is 3.25. The van der Waals surface area contributed by atoms with Crippen LogP contribution >= 0.6 is 0 Å². The molecule has 1 aromatic rings. The lowest BCUT2D eigenvalue weighted by molar-refractivity contribution is -0.139.